The number of benzene rings is 2. The zero-order valence-electron chi connectivity index (χ0n) is 11.6. The van der Waals surface area contributed by atoms with Crippen LogP contribution in [0, 0.1) is 12.7 Å². The fraction of sp³-hybridized carbons (Fsp3) is 0.188. The highest BCUT2D eigenvalue weighted by Gasteiger charge is 2.16. The predicted molar refractivity (Wildman–Crippen MR) is 79.3 cm³/mol. The van der Waals surface area contributed by atoms with Gasteiger partial charge in [-0.3, -0.25) is 4.79 Å². The van der Waals surface area contributed by atoms with E-state index >= 15 is 0 Å². The van der Waals surface area contributed by atoms with E-state index in [0.717, 1.165) is 5.56 Å². The number of hydrogen-bond donors (Lipinski definition) is 1. The van der Waals surface area contributed by atoms with E-state index < -0.39 is 0 Å². The summed E-state index contributed by atoms with van der Waals surface area (Å²) in [5, 5.41) is 0. The molecule has 0 atom stereocenters. The zero-order chi connectivity index (χ0) is 14.7. The predicted octanol–water partition coefficient (Wildman–Crippen LogP) is 3.38. The molecular formula is C16H17FN2O. The molecule has 0 bridgehead atoms. The third kappa shape index (κ3) is 2.96. The highest BCUT2D eigenvalue weighted by atomic mass is 19.1. The summed E-state index contributed by atoms with van der Waals surface area (Å²) in [6.45, 7) is 4.26. The largest absolute Gasteiger partial charge is 0.399 e. The number of carbonyl (C=O) groups is 1. The molecule has 0 saturated heterocycles. The van der Waals surface area contributed by atoms with E-state index in [0.29, 0.717) is 23.5 Å². The maximum atomic E-state index is 13.0. The van der Waals surface area contributed by atoms with Crippen molar-refractivity contribution < 1.29 is 9.18 Å². The number of halogens is 1. The number of amides is 1. The molecular weight excluding hydrogens is 255 g/mol. The monoisotopic (exact) mass is 272 g/mol. The van der Waals surface area contributed by atoms with Crippen LogP contribution in [0.3, 0.4) is 0 Å². The lowest BCUT2D eigenvalue weighted by atomic mass is 10.1. The van der Waals surface area contributed by atoms with Crippen molar-refractivity contribution in [2.45, 2.75) is 13.8 Å². The molecule has 20 heavy (non-hydrogen) atoms. The van der Waals surface area contributed by atoms with Crippen LogP contribution in [0.15, 0.2) is 42.5 Å². The van der Waals surface area contributed by atoms with Gasteiger partial charge in [-0.25, -0.2) is 4.39 Å². The van der Waals surface area contributed by atoms with Crippen molar-refractivity contribution in [1.29, 1.82) is 0 Å². The highest BCUT2D eigenvalue weighted by molar-refractivity contribution is 6.06. The van der Waals surface area contributed by atoms with E-state index in [1.807, 2.05) is 19.9 Å². The molecule has 104 valence electrons. The Morgan fingerprint density at radius 1 is 1.20 bits per heavy atom. The summed E-state index contributed by atoms with van der Waals surface area (Å²) in [4.78, 5) is 14.1. The van der Waals surface area contributed by atoms with E-state index in [4.69, 9.17) is 5.73 Å². The first-order valence-electron chi connectivity index (χ1n) is 6.46. The molecule has 4 heteroatoms. The Morgan fingerprint density at radius 3 is 2.40 bits per heavy atom. The molecule has 1 amide bonds. The van der Waals surface area contributed by atoms with Gasteiger partial charge in [0, 0.05) is 23.5 Å². The molecule has 0 radical (unpaired) electrons. The first-order valence-corrected chi connectivity index (χ1v) is 6.46. The zero-order valence-corrected chi connectivity index (χ0v) is 11.6. The molecule has 0 fully saturated rings. The van der Waals surface area contributed by atoms with Crippen LogP contribution in [-0.2, 0) is 0 Å². The van der Waals surface area contributed by atoms with Crippen molar-refractivity contribution in [2.24, 2.45) is 0 Å². The Bertz CT molecular complexity index is 603. The molecule has 0 spiro atoms. The third-order valence-electron chi connectivity index (χ3n) is 3.05. The van der Waals surface area contributed by atoms with Gasteiger partial charge in [0.2, 0.25) is 0 Å². The molecule has 2 N–H and O–H groups in total. The van der Waals surface area contributed by atoms with Crippen LogP contribution in [-0.4, -0.2) is 12.5 Å². The van der Waals surface area contributed by atoms with Crippen molar-refractivity contribution in [3.8, 4) is 0 Å². The van der Waals surface area contributed by atoms with Crippen molar-refractivity contribution in [1.82, 2.24) is 0 Å². The summed E-state index contributed by atoms with van der Waals surface area (Å²) >= 11 is 0. The average Bonchev–Trinajstić information content (AvgIpc) is 2.40. The third-order valence-corrected chi connectivity index (χ3v) is 3.05. The lowest BCUT2D eigenvalue weighted by Gasteiger charge is -2.21. The standard InChI is InChI=1S/C16H17FN2O/c1-3-19(15-6-4-13(17)5-7-15)16(20)12-8-11(2)9-14(18)10-12/h4-10H,3,18H2,1-2H3. The fourth-order valence-electron chi connectivity index (χ4n) is 2.16. The first kappa shape index (κ1) is 14.1. The van der Waals surface area contributed by atoms with Gasteiger partial charge in [0.1, 0.15) is 5.82 Å². The molecule has 2 rings (SSSR count). The van der Waals surface area contributed by atoms with Crippen molar-refractivity contribution in [3.63, 3.8) is 0 Å². The van der Waals surface area contributed by atoms with Crippen LogP contribution in [0.4, 0.5) is 15.8 Å². The van der Waals surface area contributed by atoms with Gasteiger partial charge < -0.3 is 10.6 Å². The second kappa shape index (κ2) is 5.74. The molecule has 0 aliphatic rings. The molecule has 0 heterocycles. The number of aryl methyl sites for hydroxylation is 1. The highest BCUT2D eigenvalue weighted by Crippen LogP contribution is 2.19. The lowest BCUT2D eigenvalue weighted by molar-refractivity contribution is 0.0988. The van der Waals surface area contributed by atoms with Gasteiger partial charge >= 0.3 is 0 Å². The second-order valence-corrected chi connectivity index (χ2v) is 4.66. The number of rotatable bonds is 3. The minimum absolute atomic E-state index is 0.144. The Hall–Kier alpha value is -2.36. The summed E-state index contributed by atoms with van der Waals surface area (Å²) in [6, 6.07) is 11.1. The molecule has 2 aromatic rings. The number of nitrogens with two attached hydrogens (primary N) is 1. The Kier molecular flexibility index (Phi) is 4.03. The summed E-state index contributed by atoms with van der Waals surface area (Å²) in [5.74, 6) is -0.466. The molecule has 0 saturated carbocycles. The maximum absolute atomic E-state index is 13.0. The van der Waals surface area contributed by atoms with Gasteiger partial charge in [-0.15, -0.1) is 0 Å². The Balaban J connectivity index is 2.36. The van der Waals surface area contributed by atoms with Crippen molar-refractivity contribution >= 4 is 17.3 Å². The van der Waals surface area contributed by atoms with Gasteiger partial charge in [0.15, 0.2) is 0 Å². The summed E-state index contributed by atoms with van der Waals surface area (Å²) in [7, 11) is 0. The molecule has 0 aromatic heterocycles. The quantitative estimate of drug-likeness (QED) is 0.871. The van der Waals surface area contributed by atoms with E-state index in [9.17, 15) is 9.18 Å². The first-order chi connectivity index (χ1) is 9.51. The van der Waals surface area contributed by atoms with E-state index in [1.165, 1.54) is 12.1 Å². The number of anilines is 2. The summed E-state index contributed by atoms with van der Waals surface area (Å²) in [6.07, 6.45) is 0. The maximum Gasteiger partial charge on any atom is 0.258 e. The summed E-state index contributed by atoms with van der Waals surface area (Å²) in [5.41, 5.74) is 8.47. The minimum atomic E-state index is -0.322. The van der Waals surface area contributed by atoms with Gasteiger partial charge in [-0.2, -0.15) is 0 Å². The van der Waals surface area contributed by atoms with E-state index in [1.54, 1.807) is 29.2 Å². The van der Waals surface area contributed by atoms with Gasteiger partial charge in [-0.1, -0.05) is 0 Å². The number of carbonyl (C=O) groups excluding carboxylic acids is 1. The molecule has 2 aromatic carbocycles. The van der Waals surface area contributed by atoms with E-state index in [2.05, 4.69) is 0 Å². The average molecular weight is 272 g/mol. The molecule has 0 aliphatic heterocycles. The number of nitrogens with zero attached hydrogens (tertiary/aromatic N) is 1. The minimum Gasteiger partial charge on any atom is -0.399 e. The molecule has 0 unspecified atom stereocenters. The smallest absolute Gasteiger partial charge is 0.258 e. The molecule has 3 nitrogen and oxygen atoms in total. The summed E-state index contributed by atoms with van der Waals surface area (Å²) < 4.78 is 13.0. The van der Waals surface area contributed by atoms with Crippen LogP contribution < -0.4 is 10.6 Å². The van der Waals surface area contributed by atoms with E-state index in [-0.39, 0.29) is 11.7 Å². The van der Waals surface area contributed by atoms with Crippen LogP contribution >= 0.6 is 0 Å². The Morgan fingerprint density at radius 2 is 1.85 bits per heavy atom. The normalized spacial score (nSPS) is 10.3. The van der Waals surface area contributed by atoms with Crippen molar-refractivity contribution in [3.05, 3.63) is 59.4 Å². The van der Waals surface area contributed by atoms with Crippen LogP contribution in [0.1, 0.15) is 22.8 Å². The van der Waals surface area contributed by atoms with Gasteiger partial charge in [-0.05, 0) is 61.9 Å². The second-order valence-electron chi connectivity index (χ2n) is 4.66. The topological polar surface area (TPSA) is 46.3 Å². The lowest BCUT2D eigenvalue weighted by Crippen LogP contribution is -2.30. The van der Waals surface area contributed by atoms with Gasteiger partial charge in [0.05, 0.1) is 0 Å². The Labute approximate surface area is 117 Å². The van der Waals surface area contributed by atoms with Gasteiger partial charge in [0.25, 0.3) is 5.91 Å². The number of hydrogen-bond acceptors (Lipinski definition) is 2. The number of nitrogen functional groups attached to an aromatic ring is 1. The molecule has 0 aliphatic carbocycles. The van der Waals surface area contributed by atoms with Crippen LogP contribution in [0.2, 0.25) is 0 Å². The van der Waals surface area contributed by atoms with Crippen molar-refractivity contribution in [2.75, 3.05) is 17.2 Å². The SMILES string of the molecule is CCN(C(=O)c1cc(C)cc(N)c1)c1ccc(F)cc1. The van der Waals surface area contributed by atoms with Crippen LogP contribution in [0.25, 0.3) is 0 Å². The fourth-order valence-corrected chi connectivity index (χ4v) is 2.16. The van der Waals surface area contributed by atoms with Crippen LogP contribution in [0.5, 0.6) is 0 Å².